The molecule has 124 valence electrons. The standard InChI is InChI=1S/C12H15NO2.C4H4O4/c1-2-7-15-11-8-9-5-3-4-6-10(9)13-12(11)14;5-3(6)1-2-4(7)8/h3-6,11H,2,7-8H2,1H3,(H,13,14);1-2H,(H,5,6)(H,7,8)/b;2-1-. The smallest absolute Gasteiger partial charge is 0.328 e. The number of amides is 1. The molecule has 0 spiro atoms. The maximum atomic E-state index is 11.6. The summed E-state index contributed by atoms with van der Waals surface area (Å²) in [5.41, 5.74) is 2.07. The van der Waals surface area contributed by atoms with E-state index < -0.39 is 11.9 Å². The van der Waals surface area contributed by atoms with E-state index in [1.54, 1.807) is 0 Å². The van der Waals surface area contributed by atoms with Crippen LogP contribution in [-0.2, 0) is 25.5 Å². The highest BCUT2D eigenvalue weighted by Crippen LogP contribution is 2.23. The SMILES string of the molecule is CCCOC1Cc2ccccc2NC1=O.O=C(O)/C=C\C(=O)O. The number of hydrogen-bond donors (Lipinski definition) is 3. The van der Waals surface area contributed by atoms with E-state index in [2.05, 4.69) is 5.32 Å². The van der Waals surface area contributed by atoms with Gasteiger partial charge in [0.15, 0.2) is 0 Å². The molecule has 0 saturated carbocycles. The van der Waals surface area contributed by atoms with Gasteiger partial charge in [-0.05, 0) is 18.1 Å². The van der Waals surface area contributed by atoms with Gasteiger partial charge in [0.05, 0.1) is 0 Å². The minimum atomic E-state index is -1.26. The largest absolute Gasteiger partial charge is 0.478 e. The highest BCUT2D eigenvalue weighted by Gasteiger charge is 2.25. The van der Waals surface area contributed by atoms with Gasteiger partial charge in [-0.3, -0.25) is 4.79 Å². The summed E-state index contributed by atoms with van der Waals surface area (Å²) >= 11 is 0. The molecular weight excluding hydrogens is 302 g/mol. The summed E-state index contributed by atoms with van der Waals surface area (Å²) in [4.78, 5) is 30.7. The lowest BCUT2D eigenvalue weighted by Gasteiger charge is -2.24. The zero-order chi connectivity index (χ0) is 17.2. The van der Waals surface area contributed by atoms with Crippen molar-refractivity contribution in [2.24, 2.45) is 0 Å². The first-order valence-electron chi connectivity index (χ1n) is 7.08. The normalized spacial score (nSPS) is 16.0. The van der Waals surface area contributed by atoms with Crippen molar-refractivity contribution in [3.8, 4) is 0 Å². The second-order valence-corrected chi connectivity index (χ2v) is 4.72. The lowest BCUT2D eigenvalue weighted by atomic mass is 10.0. The molecule has 23 heavy (non-hydrogen) atoms. The molecule has 0 bridgehead atoms. The molecule has 1 atom stereocenters. The maximum absolute atomic E-state index is 11.6. The first-order valence-corrected chi connectivity index (χ1v) is 7.08. The molecule has 0 saturated heterocycles. The minimum Gasteiger partial charge on any atom is -0.478 e. The molecule has 3 N–H and O–H groups in total. The van der Waals surface area contributed by atoms with Crippen LogP contribution in [0.2, 0.25) is 0 Å². The average molecular weight is 321 g/mol. The Morgan fingerprint density at radius 2 is 1.87 bits per heavy atom. The number of carbonyl (C=O) groups is 3. The summed E-state index contributed by atoms with van der Waals surface area (Å²) < 4.78 is 5.49. The van der Waals surface area contributed by atoms with E-state index in [0.717, 1.165) is 17.7 Å². The number of nitrogens with one attached hydrogen (secondary N) is 1. The predicted octanol–water partition coefficient (Wildman–Crippen LogP) is 1.69. The Kier molecular flexibility index (Phi) is 7.49. The zero-order valence-electron chi connectivity index (χ0n) is 12.7. The number of anilines is 1. The van der Waals surface area contributed by atoms with Gasteiger partial charge in [-0.2, -0.15) is 0 Å². The van der Waals surface area contributed by atoms with Crippen LogP contribution < -0.4 is 5.32 Å². The van der Waals surface area contributed by atoms with E-state index in [1.165, 1.54) is 0 Å². The van der Waals surface area contributed by atoms with Gasteiger partial charge in [-0.25, -0.2) is 9.59 Å². The van der Waals surface area contributed by atoms with Gasteiger partial charge < -0.3 is 20.3 Å². The summed E-state index contributed by atoms with van der Waals surface area (Å²) in [6, 6.07) is 7.85. The fraction of sp³-hybridized carbons (Fsp3) is 0.312. The molecule has 1 aliphatic rings. The Morgan fingerprint density at radius 1 is 1.26 bits per heavy atom. The molecule has 1 aromatic rings. The molecule has 7 heteroatoms. The summed E-state index contributed by atoms with van der Waals surface area (Å²) in [5, 5.41) is 18.5. The quantitative estimate of drug-likeness (QED) is 0.711. The van der Waals surface area contributed by atoms with Crippen molar-refractivity contribution in [1.82, 2.24) is 0 Å². The second-order valence-electron chi connectivity index (χ2n) is 4.72. The zero-order valence-corrected chi connectivity index (χ0v) is 12.7. The Morgan fingerprint density at radius 3 is 2.43 bits per heavy atom. The fourth-order valence-electron chi connectivity index (χ4n) is 1.86. The van der Waals surface area contributed by atoms with Gasteiger partial charge >= 0.3 is 11.9 Å². The number of carbonyl (C=O) groups excluding carboxylic acids is 1. The van der Waals surface area contributed by atoms with Crippen LogP contribution in [0.3, 0.4) is 0 Å². The van der Waals surface area contributed by atoms with Crippen LogP contribution >= 0.6 is 0 Å². The Labute approximate surface area is 133 Å². The van der Waals surface area contributed by atoms with Gasteiger partial charge in [-0.1, -0.05) is 25.1 Å². The van der Waals surface area contributed by atoms with Crippen LogP contribution in [0.5, 0.6) is 0 Å². The number of fused-ring (bicyclic) bond motifs is 1. The molecule has 0 radical (unpaired) electrons. The molecule has 2 rings (SSSR count). The van der Waals surface area contributed by atoms with Crippen molar-refractivity contribution >= 4 is 23.5 Å². The van der Waals surface area contributed by atoms with Gasteiger partial charge in [0.25, 0.3) is 5.91 Å². The monoisotopic (exact) mass is 321 g/mol. The highest BCUT2D eigenvalue weighted by molar-refractivity contribution is 5.97. The van der Waals surface area contributed by atoms with Gasteiger partial charge in [-0.15, -0.1) is 0 Å². The van der Waals surface area contributed by atoms with E-state index in [-0.39, 0.29) is 12.0 Å². The molecule has 0 fully saturated rings. The minimum absolute atomic E-state index is 0.0258. The van der Waals surface area contributed by atoms with Crippen LogP contribution in [0.25, 0.3) is 0 Å². The maximum Gasteiger partial charge on any atom is 0.328 e. The number of ether oxygens (including phenoxy) is 1. The topological polar surface area (TPSA) is 113 Å². The first kappa shape index (κ1) is 18.4. The number of carboxylic acid groups (broad SMARTS) is 2. The highest BCUT2D eigenvalue weighted by atomic mass is 16.5. The number of benzene rings is 1. The van der Waals surface area contributed by atoms with Crippen LogP contribution in [0, 0.1) is 0 Å². The number of para-hydroxylation sites is 1. The summed E-state index contributed by atoms with van der Waals surface area (Å²) in [6.45, 7) is 2.68. The van der Waals surface area contributed by atoms with Crippen molar-refractivity contribution < 1.29 is 29.3 Å². The number of rotatable bonds is 5. The second kappa shape index (κ2) is 9.37. The molecule has 7 nitrogen and oxygen atoms in total. The molecule has 0 aromatic heterocycles. The van der Waals surface area contributed by atoms with Crippen molar-refractivity contribution in [2.75, 3.05) is 11.9 Å². The lowest BCUT2D eigenvalue weighted by molar-refractivity contribution is -0.134. The van der Waals surface area contributed by atoms with Crippen LogP contribution in [0.4, 0.5) is 5.69 Å². The molecule has 1 heterocycles. The number of carboxylic acids is 2. The lowest BCUT2D eigenvalue weighted by Crippen LogP contribution is -2.36. The third-order valence-electron chi connectivity index (χ3n) is 2.86. The van der Waals surface area contributed by atoms with E-state index in [4.69, 9.17) is 14.9 Å². The van der Waals surface area contributed by atoms with E-state index in [9.17, 15) is 14.4 Å². The van der Waals surface area contributed by atoms with Crippen LogP contribution in [-0.4, -0.2) is 40.8 Å². The number of aliphatic carboxylic acids is 2. The third-order valence-corrected chi connectivity index (χ3v) is 2.86. The van der Waals surface area contributed by atoms with E-state index >= 15 is 0 Å². The first-order chi connectivity index (χ1) is 10.9. The average Bonchev–Trinajstić information content (AvgIpc) is 2.51. The van der Waals surface area contributed by atoms with Crippen molar-refractivity contribution in [3.63, 3.8) is 0 Å². The molecule has 1 unspecified atom stereocenters. The summed E-state index contributed by atoms with van der Waals surface area (Å²) in [5.74, 6) is -2.54. The number of hydrogen-bond acceptors (Lipinski definition) is 4. The molecule has 1 aliphatic heterocycles. The fourth-order valence-corrected chi connectivity index (χ4v) is 1.86. The summed E-state index contributed by atoms with van der Waals surface area (Å²) in [6.07, 6.45) is 2.41. The van der Waals surface area contributed by atoms with E-state index in [0.29, 0.717) is 25.2 Å². The Balaban J connectivity index is 0.000000284. The van der Waals surface area contributed by atoms with Crippen LogP contribution in [0.1, 0.15) is 18.9 Å². The predicted molar refractivity (Wildman–Crippen MR) is 83.2 cm³/mol. The Bertz CT molecular complexity index is 580. The Hall–Kier alpha value is -2.67. The van der Waals surface area contributed by atoms with Crippen molar-refractivity contribution in [3.05, 3.63) is 42.0 Å². The van der Waals surface area contributed by atoms with Gasteiger partial charge in [0.2, 0.25) is 0 Å². The van der Waals surface area contributed by atoms with E-state index in [1.807, 2.05) is 31.2 Å². The van der Waals surface area contributed by atoms with Crippen LogP contribution in [0.15, 0.2) is 36.4 Å². The van der Waals surface area contributed by atoms with Crippen molar-refractivity contribution in [2.45, 2.75) is 25.9 Å². The van der Waals surface area contributed by atoms with Gasteiger partial charge in [0.1, 0.15) is 6.10 Å². The van der Waals surface area contributed by atoms with Gasteiger partial charge in [0, 0.05) is 30.9 Å². The molecule has 1 aromatic carbocycles. The molecular formula is C16H19NO6. The third kappa shape index (κ3) is 6.75. The molecule has 1 amide bonds. The summed E-state index contributed by atoms with van der Waals surface area (Å²) in [7, 11) is 0. The van der Waals surface area contributed by atoms with Crippen molar-refractivity contribution in [1.29, 1.82) is 0 Å². The molecule has 0 aliphatic carbocycles.